The van der Waals surface area contributed by atoms with Gasteiger partial charge in [0.2, 0.25) is 0 Å². The second-order valence-electron chi connectivity index (χ2n) is 8.31. The number of amides is 1. The lowest BCUT2D eigenvalue weighted by Crippen LogP contribution is -2.37. The van der Waals surface area contributed by atoms with E-state index in [2.05, 4.69) is 6.07 Å². The zero-order valence-electron chi connectivity index (χ0n) is 20.8. The summed E-state index contributed by atoms with van der Waals surface area (Å²) in [5, 5.41) is 0. The van der Waals surface area contributed by atoms with Gasteiger partial charge in [0, 0.05) is 0 Å². The number of aryl methyl sites for hydroxylation is 1. The van der Waals surface area contributed by atoms with Crippen molar-refractivity contribution in [1.29, 1.82) is 0 Å². The normalized spacial score (nSPS) is 15.1. The molecule has 1 aliphatic heterocycles. The Hall–Kier alpha value is -3.62. The predicted molar refractivity (Wildman–Crippen MR) is 149 cm³/mol. The van der Waals surface area contributed by atoms with Crippen molar-refractivity contribution in [2.75, 3.05) is 13.7 Å². The molecule has 1 unspecified atom stereocenters. The fourth-order valence-corrected chi connectivity index (χ4v) is 5.27. The van der Waals surface area contributed by atoms with Gasteiger partial charge in [-0.1, -0.05) is 90.2 Å². The summed E-state index contributed by atoms with van der Waals surface area (Å²) in [6, 6.07) is 21.7. The summed E-state index contributed by atoms with van der Waals surface area (Å²) in [5.74, 6) is 0.281. The van der Waals surface area contributed by atoms with Gasteiger partial charge in [-0.25, -0.2) is 4.79 Å². The van der Waals surface area contributed by atoms with Crippen molar-refractivity contribution in [3.05, 3.63) is 100.0 Å². The molecular weight excluding hydrogens is 506 g/mol. The fraction of sp³-hybridized carbons (Fsp3) is 0.207. The number of rotatable bonds is 9. The summed E-state index contributed by atoms with van der Waals surface area (Å²) >= 11 is 6.66. The first kappa shape index (κ1) is 26.4. The van der Waals surface area contributed by atoms with E-state index in [9.17, 15) is 9.59 Å². The second-order valence-corrected chi connectivity index (χ2v) is 9.98. The van der Waals surface area contributed by atoms with Gasteiger partial charge >= 0.3 is 5.97 Å². The number of carbonyl (C=O) groups excluding carboxylic acids is 2. The van der Waals surface area contributed by atoms with Gasteiger partial charge in [0.1, 0.15) is 10.9 Å². The molecule has 1 atom stereocenters. The molecule has 0 aromatic heterocycles. The average Bonchev–Trinajstić information content (AvgIpc) is 3.17. The van der Waals surface area contributed by atoms with Crippen molar-refractivity contribution in [1.82, 2.24) is 4.90 Å². The zero-order valence-corrected chi connectivity index (χ0v) is 22.4. The van der Waals surface area contributed by atoms with Crippen LogP contribution in [0.15, 0.2) is 77.7 Å². The summed E-state index contributed by atoms with van der Waals surface area (Å²) in [6.45, 7) is 4.82. The Morgan fingerprint density at radius 1 is 1.03 bits per heavy atom. The molecule has 0 bridgehead atoms. The molecule has 1 fully saturated rings. The fourth-order valence-electron chi connectivity index (χ4n) is 3.96. The van der Waals surface area contributed by atoms with Crippen molar-refractivity contribution in [2.24, 2.45) is 0 Å². The number of thiocarbonyl (C=S) groups is 1. The number of hydrogen-bond donors (Lipinski definition) is 0. The molecule has 1 saturated heterocycles. The van der Waals surface area contributed by atoms with Crippen LogP contribution in [-0.4, -0.2) is 34.8 Å². The third-order valence-corrected chi connectivity index (χ3v) is 6.99. The van der Waals surface area contributed by atoms with Crippen LogP contribution in [0.2, 0.25) is 0 Å². The van der Waals surface area contributed by atoms with Gasteiger partial charge in [-0.2, -0.15) is 0 Å². The van der Waals surface area contributed by atoms with Crippen molar-refractivity contribution in [3.8, 4) is 11.5 Å². The van der Waals surface area contributed by atoms with Gasteiger partial charge in [-0.3, -0.25) is 9.69 Å². The van der Waals surface area contributed by atoms with Gasteiger partial charge in [0.05, 0.1) is 18.6 Å². The summed E-state index contributed by atoms with van der Waals surface area (Å²) in [5.41, 5.74) is 3.61. The minimum atomic E-state index is -0.957. The van der Waals surface area contributed by atoms with E-state index in [4.69, 9.17) is 26.4 Å². The van der Waals surface area contributed by atoms with E-state index >= 15 is 0 Å². The Labute approximate surface area is 226 Å². The maximum Gasteiger partial charge on any atom is 0.333 e. The Bertz CT molecular complexity index is 1340. The van der Waals surface area contributed by atoms with E-state index in [1.807, 2.05) is 56.3 Å². The number of thioether (sulfide) groups is 1. The van der Waals surface area contributed by atoms with Crippen LogP contribution in [0.5, 0.6) is 11.5 Å². The number of esters is 1. The van der Waals surface area contributed by atoms with Crippen LogP contribution in [-0.2, 0) is 20.9 Å². The van der Waals surface area contributed by atoms with Crippen LogP contribution >= 0.6 is 24.0 Å². The van der Waals surface area contributed by atoms with Crippen molar-refractivity contribution in [3.63, 3.8) is 0 Å². The Morgan fingerprint density at radius 3 is 2.51 bits per heavy atom. The number of carbonyl (C=O) groups is 2. The molecule has 1 amide bonds. The first-order valence-corrected chi connectivity index (χ1v) is 13.0. The Morgan fingerprint density at radius 2 is 1.81 bits per heavy atom. The molecule has 37 heavy (non-hydrogen) atoms. The van der Waals surface area contributed by atoms with Crippen molar-refractivity contribution >= 4 is 46.3 Å². The third kappa shape index (κ3) is 6.21. The second kappa shape index (κ2) is 12.1. The lowest BCUT2D eigenvalue weighted by atomic mass is 10.1. The van der Waals surface area contributed by atoms with Crippen LogP contribution < -0.4 is 9.47 Å². The topological polar surface area (TPSA) is 65.1 Å². The molecular formula is C29H27NO5S2. The first-order valence-electron chi connectivity index (χ1n) is 11.8. The van der Waals surface area contributed by atoms with Gasteiger partial charge in [0.25, 0.3) is 5.91 Å². The van der Waals surface area contributed by atoms with Gasteiger partial charge < -0.3 is 14.2 Å². The van der Waals surface area contributed by atoms with Gasteiger partial charge in [0.15, 0.2) is 17.5 Å². The number of nitrogens with zero attached hydrogens (tertiary/aromatic N) is 1. The van der Waals surface area contributed by atoms with E-state index in [0.29, 0.717) is 39.5 Å². The Balaban J connectivity index is 1.58. The summed E-state index contributed by atoms with van der Waals surface area (Å²) in [7, 11) is 1.30. The molecule has 8 heteroatoms. The molecule has 1 heterocycles. The van der Waals surface area contributed by atoms with Crippen LogP contribution in [0, 0.1) is 6.92 Å². The Kier molecular flexibility index (Phi) is 8.63. The highest BCUT2D eigenvalue weighted by molar-refractivity contribution is 8.26. The number of ether oxygens (including phenoxy) is 3. The lowest BCUT2D eigenvalue weighted by molar-refractivity contribution is -0.148. The SMILES string of the molecule is CCOc1cc(/C=C2/SC(=S)N(C(C(=O)OC)c3ccccc3)C2=O)ccc1OCc1cccc(C)c1. The molecule has 0 aliphatic carbocycles. The largest absolute Gasteiger partial charge is 0.490 e. The van der Waals surface area contributed by atoms with Gasteiger partial charge in [-0.05, 0) is 48.7 Å². The van der Waals surface area contributed by atoms with E-state index in [1.165, 1.54) is 17.6 Å². The molecule has 6 nitrogen and oxygen atoms in total. The lowest BCUT2D eigenvalue weighted by Gasteiger charge is -2.24. The van der Waals surface area contributed by atoms with Crippen LogP contribution in [0.25, 0.3) is 6.08 Å². The summed E-state index contributed by atoms with van der Waals surface area (Å²) in [6.07, 6.45) is 1.74. The zero-order chi connectivity index (χ0) is 26.4. The van der Waals surface area contributed by atoms with Crippen LogP contribution in [0.3, 0.4) is 0 Å². The van der Waals surface area contributed by atoms with E-state index in [-0.39, 0.29) is 5.91 Å². The molecule has 4 rings (SSSR count). The quantitative estimate of drug-likeness (QED) is 0.187. The molecule has 3 aromatic rings. The molecule has 0 saturated carbocycles. The van der Waals surface area contributed by atoms with Crippen molar-refractivity contribution < 1.29 is 23.8 Å². The highest BCUT2D eigenvalue weighted by atomic mass is 32.2. The van der Waals surface area contributed by atoms with Crippen molar-refractivity contribution in [2.45, 2.75) is 26.5 Å². The maximum absolute atomic E-state index is 13.4. The van der Waals surface area contributed by atoms with E-state index < -0.39 is 12.0 Å². The van der Waals surface area contributed by atoms with E-state index in [0.717, 1.165) is 22.9 Å². The third-order valence-electron chi connectivity index (χ3n) is 5.66. The van der Waals surface area contributed by atoms with E-state index in [1.54, 1.807) is 30.3 Å². The minimum absolute atomic E-state index is 0.290. The average molecular weight is 534 g/mol. The monoisotopic (exact) mass is 533 g/mol. The number of hydrogen-bond acceptors (Lipinski definition) is 7. The van der Waals surface area contributed by atoms with Gasteiger partial charge in [-0.15, -0.1) is 0 Å². The minimum Gasteiger partial charge on any atom is -0.490 e. The summed E-state index contributed by atoms with van der Waals surface area (Å²) < 4.78 is 17.1. The molecule has 0 N–H and O–H groups in total. The summed E-state index contributed by atoms with van der Waals surface area (Å²) in [4.78, 5) is 27.8. The molecule has 0 spiro atoms. The molecule has 0 radical (unpaired) electrons. The first-order chi connectivity index (χ1) is 17.9. The van der Waals surface area contributed by atoms with Crippen LogP contribution in [0.1, 0.15) is 35.2 Å². The molecule has 3 aromatic carbocycles. The highest BCUT2D eigenvalue weighted by Crippen LogP contribution is 2.39. The standard InChI is InChI=1S/C29H27NO5S2/c1-4-34-24-16-20(13-14-23(24)35-18-21-10-8-9-19(2)15-21)17-25-27(31)30(29(36)37-25)26(28(32)33-3)22-11-6-5-7-12-22/h5-17,26H,4,18H2,1-3H3/b25-17+. The number of methoxy groups -OCH3 is 1. The molecule has 1 aliphatic rings. The maximum atomic E-state index is 13.4. The number of benzene rings is 3. The van der Waals surface area contributed by atoms with Crippen LogP contribution in [0.4, 0.5) is 0 Å². The smallest absolute Gasteiger partial charge is 0.333 e. The predicted octanol–water partition coefficient (Wildman–Crippen LogP) is 6.09. The highest BCUT2D eigenvalue weighted by Gasteiger charge is 2.41. The molecule has 190 valence electrons.